The molecule has 0 radical (unpaired) electrons. The maximum Gasteiger partial charge on any atom is 0.334 e. The number of hydrogen-bond acceptors (Lipinski definition) is 7. The first-order chi connectivity index (χ1) is 11.8. The Labute approximate surface area is 142 Å². The van der Waals surface area contributed by atoms with Crippen molar-refractivity contribution >= 4 is 17.8 Å². The van der Waals surface area contributed by atoms with E-state index in [9.17, 15) is 24.6 Å². The molecule has 0 aliphatic heterocycles. The van der Waals surface area contributed by atoms with Crippen LogP contribution in [0.5, 0.6) is 11.5 Å². The van der Waals surface area contributed by atoms with Crippen LogP contribution in [0.3, 0.4) is 0 Å². The summed E-state index contributed by atoms with van der Waals surface area (Å²) in [6, 6.07) is 1.76. The van der Waals surface area contributed by atoms with E-state index in [1.807, 2.05) is 10.9 Å². The molecule has 11 heteroatoms. The highest BCUT2D eigenvalue weighted by Crippen LogP contribution is 2.28. The van der Waals surface area contributed by atoms with Crippen molar-refractivity contribution in [2.45, 2.75) is 18.6 Å². The third kappa shape index (κ3) is 5.82. The predicted molar refractivity (Wildman–Crippen MR) is 84.1 cm³/mol. The standard InChI is InChI=1S/C14H20N4O7/c1-25-10-3-2-7(6-9(10)20)11(21)13(23)17-18-14(24)16-8(4-5-19)12(15)22/h2-3,6,8,11,19-21H,4-5H2,1H3,(H2,15,22)(H,17,23)(H2,16,18,24). The van der Waals surface area contributed by atoms with Crippen molar-refractivity contribution in [3.8, 4) is 11.5 Å². The van der Waals surface area contributed by atoms with E-state index >= 15 is 0 Å². The minimum absolute atomic E-state index is 0.0632. The summed E-state index contributed by atoms with van der Waals surface area (Å²) in [5, 5.41) is 30.4. The molecule has 0 fully saturated rings. The molecule has 11 nitrogen and oxygen atoms in total. The van der Waals surface area contributed by atoms with Crippen molar-refractivity contribution in [2.75, 3.05) is 13.7 Å². The lowest BCUT2D eigenvalue weighted by Crippen LogP contribution is -2.54. The van der Waals surface area contributed by atoms with Crippen LogP contribution in [0.15, 0.2) is 18.2 Å². The molecule has 0 heterocycles. The van der Waals surface area contributed by atoms with Crippen LogP contribution in [0.1, 0.15) is 18.1 Å². The number of aliphatic hydroxyl groups is 2. The van der Waals surface area contributed by atoms with Crippen LogP contribution in [0.4, 0.5) is 4.79 Å². The first-order valence-corrected chi connectivity index (χ1v) is 7.11. The predicted octanol–water partition coefficient (Wildman–Crippen LogP) is -2.00. The van der Waals surface area contributed by atoms with E-state index in [0.717, 1.165) is 6.07 Å². The molecule has 2 atom stereocenters. The van der Waals surface area contributed by atoms with Gasteiger partial charge in [-0.15, -0.1) is 0 Å². The molecule has 4 amide bonds. The summed E-state index contributed by atoms with van der Waals surface area (Å²) in [6.45, 7) is -0.375. The van der Waals surface area contributed by atoms with Gasteiger partial charge in [-0.25, -0.2) is 10.2 Å². The zero-order valence-electron chi connectivity index (χ0n) is 13.4. The fourth-order valence-electron chi connectivity index (χ4n) is 1.82. The number of nitrogens with one attached hydrogen (secondary N) is 3. The highest BCUT2D eigenvalue weighted by atomic mass is 16.5. The first-order valence-electron chi connectivity index (χ1n) is 7.11. The Hall–Kier alpha value is -3.05. The Balaban J connectivity index is 2.59. The van der Waals surface area contributed by atoms with Gasteiger partial charge < -0.3 is 31.1 Å². The molecule has 1 rings (SSSR count). The maximum atomic E-state index is 11.8. The number of amides is 4. The minimum atomic E-state index is -1.68. The molecular weight excluding hydrogens is 336 g/mol. The second-order valence-electron chi connectivity index (χ2n) is 4.89. The minimum Gasteiger partial charge on any atom is -0.504 e. The summed E-state index contributed by atoms with van der Waals surface area (Å²) < 4.78 is 4.84. The lowest BCUT2D eigenvalue weighted by Gasteiger charge is -2.16. The van der Waals surface area contributed by atoms with Gasteiger partial charge in [-0.2, -0.15) is 0 Å². The van der Waals surface area contributed by atoms with Gasteiger partial charge in [0.1, 0.15) is 6.04 Å². The Morgan fingerprint density at radius 1 is 1.28 bits per heavy atom. The van der Waals surface area contributed by atoms with E-state index in [-0.39, 0.29) is 30.1 Å². The van der Waals surface area contributed by atoms with Crippen molar-refractivity contribution in [1.82, 2.24) is 16.2 Å². The molecule has 8 N–H and O–H groups in total. The SMILES string of the molecule is COc1ccc(C(O)C(=O)NNC(=O)NC(CCO)C(N)=O)cc1O. The number of hydrazine groups is 1. The van der Waals surface area contributed by atoms with Crippen molar-refractivity contribution in [1.29, 1.82) is 0 Å². The van der Waals surface area contributed by atoms with Crippen molar-refractivity contribution in [3.63, 3.8) is 0 Å². The second-order valence-corrected chi connectivity index (χ2v) is 4.89. The fourth-order valence-corrected chi connectivity index (χ4v) is 1.82. The largest absolute Gasteiger partial charge is 0.504 e. The zero-order chi connectivity index (χ0) is 19.0. The molecule has 1 aromatic rings. The smallest absolute Gasteiger partial charge is 0.334 e. The van der Waals surface area contributed by atoms with E-state index in [0.29, 0.717) is 0 Å². The van der Waals surface area contributed by atoms with Gasteiger partial charge in [0, 0.05) is 6.61 Å². The molecule has 0 spiro atoms. The lowest BCUT2D eigenvalue weighted by molar-refractivity contribution is -0.130. The number of carbonyl (C=O) groups excluding carboxylic acids is 3. The third-order valence-electron chi connectivity index (χ3n) is 3.13. The number of nitrogens with two attached hydrogens (primary N) is 1. The van der Waals surface area contributed by atoms with Crippen molar-refractivity contribution < 1.29 is 34.4 Å². The van der Waals surface area contributed by atoms with Crippen LogP contribution in [-0.4, -0.2) is 52.9 Å². The highest BCUT2D eigenvalue weighted by Gasteiger charge is 2.21. The van der Waals surface area contributed by atoms with Crippen LogP contribution in [0.25, 0.3) is 0 Å². The number of ether oxygens (including phenoxy) is 1. The average molecular weight is 356 g/mol. The lowest BCUT2D eigenvalue weighted by atomic mass is 10.1. The summed E-state index contributed by atoms with van der Waals surface area (Å²) in [5.74, 6) is -1.96. The van der Waals surface area contributed by atoms with Crippen LogP contribution < -0.4 is 26.6 Å². The highest BCUT2D eigenvalue weighted by molar-refractivity contribution is 5.88. The van der Waals surface area contributed by atoms with Gasteiger partial charge in [0.2, 0.25) is 5.91 Å². The molecule has 25 heavy (non-hydrogen) atoms. The molecule has 0 aliphatic rings. The number of methoxy groups -OCH3 is 1. The Bertz CT molecular complexity index is 638. The Morgan fingerprint density at radius 3 is 2.48 bits per heavy atom. The first kappa shape index (κ1) is 20.0. The molecule has 0 saturated heterocycles. The molecule has 0 bridgehead atoms. The number of phenolic OH excluding ortho intramolecular Hbond substituents is 1. The average Bonchev–Trinajstić information content (AvgIpc) is 2.58. The van der Waals surface area contributed by atoms with E-state index in [1.165, 1.54) is 19.2 Å². The number of urea groups is 1. The third-order valence-corrected chi connectivity index (χ3v) is 3.13. The fraction of sp³-hybridized carbons (Fsp3) is 0.357. The summed E-state index contributed by atoms with van der Waals surface area (Å²) >= 11 is 0. The molecule has 0 aromatic heterocycles. The summed E-state index contributed by atoms with van der Waals surface area (Å²) in [7, 11) is 1.34. The van der Waals surface area contributed by atoms with Crippen molar-refractivity contribution in [2.24, 2.45) is 5.73 Å². The van der Waals surface area contributed by atoms with Crippen molar-refractivity contribution in [3.05, 3.63) is 23.8 Å². The van der Waals surface area contributed by atoms with Crippen LogP contribution >= 0.6 is 0 Å². The van der Waals surface area contributed by atoms with E-state index in [1.54, 1.807) is 0 Å². The zero-order valence-corrected chi connectivity index (χ0v) is 13.4. The number of carbonyl (C=O) groups is 3. The molecular formula is C14H20N4O7. The van der Waals surface area contributed by atoms with Crippen LogP contribution in [0.2, 0.25) is 0 Å². The number of primary amides is 1. The van der Waals surface area contributed by atoms with Gasteiger partial charge in [0.25, 0.3) is 5.91 Å². The summed E-state index contributed by atoms with van der Waals surface area (Å²) in [6.07, 6.45) is -1.77. The number of phenols is 1. The maximum absolute atomic E-state index is 11.8. The molecule has 0 aliphatic carbocycles. The Kier molecular flexibility index (Phi) is 7.43. The topological polar surface area (TPSA) is 183 Å². The number of aromatic hydroxyl groups is 1. The number of hydrogen-bond donors (Lipinski definition) is 7. The van der Waals surface area contributed by atoms with E-state index in [2.05, 4.69) is 5.32 Å². The van der Waals surface area contributed by atoms with E-state index in [4.69, 9.17) is 15.6 Å². The summed E-state index contributed by atoms with van der Waals surface area (Å²) in [4.78, 5) is 34.4. The van der Waals surface area contributed by atoms with Gasteiger partial charge in [-0.1, -0.05) is 6.07 Å². The Morgan fingerprint density at radius 2 is 1.96 bits per heavy atom. The number of aliphatic hydroxyl groups excluding tert-OH is 2. The number of rotatable bonds is 7. The monoisotopic (exact) mass is 356 g/mol. The van der Waals surface area contributed by atoms with Gasteiger partial charge in [0.15, 0.2) is 17.6 Å². The molecule has 0 saturated carbocycles. The number of benzene rings is 1. The van der Waals surface area contributed by atoms with Gasteiger partial charge in [-0.05, 0) is 24.1 Å². The molecule has 1 aromatic carbocycles. The van der Waals surface area contributed by atoms with Gasteiger partial charge >= 0.3 is 6.03 Å². The van der Waals surface area contributed by atoms with Crippen LogP contribution in [-0.2, 0) is 9.59 Å². The molecule has 138 valence electrons. The van der Waals surface area contributed by atoms with Gasteiger partial charge in [0.05, 0.1) is 7.11 Å². The van der Waals surface area contributed by atoms with Gasteiger partial charge in [-0.3, -0.25) is 15.0 Å². The quantitative estimate of drug-likeness (QED) is 0.275. The normalized spacial score (nSPS) is 12.6. The summed E-state index contributed by atoms with van der Waals surface area (Å²) in [5.41, 5.74) is 8.96. The molecule has 2 unspecified atom stereocenters. The van der Waals surface area contributed by atoms with E-state index < -0.39 is 30.0 Å². The van der Waals surface area contributed by atoms with Crippen LogP contribution in [0, 0.1) is 0 Å². The second kappa shape index (κ2) is 9.30.